The molecule has 1 aliphatic heterocycles. The molecule has 2 aromatic rings. The molecule has 0 aliphatic carbocycles. The van der Waals surface area contributed by atoms with Crippen LogP contribution in [0.15, 0.2) is 42.5 Å². The summed E-state index contributed by atoms with van der Waals surface area (Å²) in [4.78, 5) is 12.7. The lowest BCUT2D eigenvalue weighted by molar-refractivity contribution is 0.102. The van der Waals surface area contributed by atoms with Gasteiger partial charge in [0.25, 0.3) is 5.91 Å². The van der Waals surface area contributed by atoms with Crippen molar-refractivity contribution in [3.63, 3.8) is 0 Å². The lowest BCUT2D eigenvalue weighted by Gasteiger charge is -2.28. The third kappa shape index (κ3) is 4.16. The Balaban J connectivity index is 1.81. The van der Waals surface area contributed by atoms with E-state index in [0.29, 0.717) is 30.1 Å². The molecule has 144 valence electrons. The summed E-state index contributed by atoms with van der Waals surface area (Å²) >= 11 is 0. The minimum Gasteiger partial charge on any atom is -0.321 e. The Hall–Kier alpha value is -2.34. The number of amides is 1. The Morgan fingerprint density at radius 1 is 1.07 bits per heavy atom. The van der Waals surface area contributed by atoms with E-state index < -0.39 is 10.0 Å². The number of rotatable bonds is 4. The second-order valence-electron chi connectivity index (χ2n) is 7.29. The number of anilines is 2. The monoisotopic (exact) mass is 386 g/mol. The third-order valence-corrected chi connectivity index (χ3v) is 6.80. The molecule has 0 unspecified atom stereocenters. The first-order valence-electron chi connectivity index (χ1n) is 9.31. The van der Waals surface area contributed by atoms with Crippen molar-refractivity contribution in [1.82, 2.24) is 0 Å². The molecule has 27 heavy (non-hydrogen) atoms. The summed E-state index contributed by atoms with van der Waals surface area (Å²) in [6.45, 7) is 6.66. The van der Waals surface area contributed by atoms with E-state index in [0.717, 1.165) is 23.2 Å². The van der Waals surface area contributed by atoms with E-state index in [1.165, 1.54) is 4.31 Å². The van der Waals surface area contributed by atoms with E-state index in [4.69, 9.17) is 0 Å². The van der Waals surface area contributed by atoms with Crippen molar-refractivity contribution in [3.8, 4) is 0 Å². The van der Waals surface area contributed by atoms with Crippen LogP contribution in [-0.2, 0) is 10.0 Å². The van der Waals surface area contributed by atoms with E-state index in [1.54, 1.807) is 24.3 Å². The van der Waals surface area contributed by atoms with Crippen LogP contribution in [0.25, 0.3) is 0 Å². The van der Waals surface area contributed by atoms with Crippen molar-refractivity contribution in [2.45, 2.75) is 39.5 Å². The molecule has 0 atom stereocenters. The average Bonchev–Trinajstić information content (AvgIpc) is 2.63. The molecule has 1 saturated heterocycles. The van der Waals surface area contributed by atoms with Crippen LogP contribution in [0.2, 0.25) is 0 Å². The number of sulfonamides is 1. The summed E-state index contributed by atoms with van der Waals surface area (Å²) in [5.41, 5.74) is 4.08. The Morgan fingerprint density at radius 2 is 1.78 bits per heavy atom. The Labute approximate surface area is 161 Å². The molecule has 0 aromatic heterocycles. The van der Waals surface area contributed by atoms with E-state index in [9.17, 15) is 13.2 Å². The van der Waals surface area contributed by atoms with Crippen LogP contribution in [0, 0.1) is 6.92 Å². The van der Waals surface area contributed by atoms with Crippen molar-refractivity contribution in [3.05, 3.63) is 59.2 Å². The van der Waals surface area contributed by atoms with Gasteiger partial charge in [-0.1, -0.05) is 32.0 Å². The minimum atomic E-state index is -3.25. The Morgan fingerprint density at radius 3 is 2.41 bits per heavy atom. The van der Waals surface area contributed by atoms with Gasteiger partial charge in [0, 0.05) is 17.8 Å². The number of nitrogens with zero attached hydrogens (tertiary/aromatic N) is 1. The highest BCUT2D eigenvalue weighted by Crippen LogP contribution is 2.28. The predicted molar refractivity (Wildman–Crippen MR) is 110 cm³/mol. The maximum Gasteiger partial charge on any atom is 0.255 e. The van der Waals surface area contributed by atoms with E-state index in [-0.39, 0.29) is 11.7 Å². The van der Waals surface area contributed by atoms with Crippen LogP contribution < -0.4 is 9.62 Å². The molecule has 0 bridgehead atoms. The van der Waals surface area contributed by atoms with Gasteiger partial charge in [-0.15, -0.1) is 0 Å². The van der Waals surface area contributed by atoms with Gasteiger partial charge in [-0.05, 0) is 61.1 Å². The SMILES string of the molecule is Cc1cccc(C(C)C)c1NC(=O)c1ccc(N2CCCCS2(=O)=O)cc1. The standard InChI is InChI=1S/C21H26N2O3S/c1-15(2)19-8-6-7-16(3)20(19)22-21(24)17-9-11-18(12-10-17)23-13-4-5-14-27(23,25)26/h6-12,15H,4-5,13-14H2,1-3H3,(H,22,24). The zero-order chi connectivity index (χ0) is 19.6. The summed E-state index contributed by atoms with van der Waals surface area (Å²) in [7, 11) is -3.25. The van der Waals surface area contributed by atoms with Gasteiger partial charge in [0.1, 0.15) is 0 Å². The molecule has 1 N–H and O–H groups in total. The number of benzene rings is 2. The van der Waals surface area contributed by atoms with Crippen molar-refractivity contribution in [2.24, 2.45) is 0 Å². The van der Waals surface area contributed by atoms with Crippen LogP contribution in [0.4, 0.5) is 11.4 Å². The number of carbonyl (C=O) groups excluding carboxylic acids is 1. The van der Waals surface area contributed by atoms with Gasteiger partial charge in [0.15, 0.2) is 0 Å². The van der Waals surface area contributed by atoms with Crippen LogP contribution in [0.1, 0.15) is 54.1 Å². The largest absolute Gasteiger partial charge is 0.321 e. The summed E-state index contributed by atoms with van der Waals surface area (Å²) in [5.74, 6) is 0.284. The van der Waals surface area contributed by atoms with Gasteiger partial charge in [0.05, 0.1) is 11.4 Å². The molecular formula is C21H26N2O3S. The molecule has 1 fully saturated rings. The highest BCUT2D eigenvalue weighted by molar-refractivity contribution is 7.92. The van der Waals surface area contributed by atoms with Gasteiger partial charge in [0.2, 0.25) is 10.0 Å². The highest BCUT2D eigenvalue weighted by atomic mass is 32.2. The molecule has 1 aliphatic rings. The smallest absolute Gasteiger partial charge is 0.255 e. The van der Waals surface area contributed by atoms with E-state index in [2.05, 4.69) is 19.2 Å². The fourth-order valence-electron chi connectivity index (χ4n) is 3.39. The molecule has 0 spiro atoms. The fourth-order valence-corrected chi connectivity index (χ4v) is 5.03. The Kier molecular flexibility index (Phi) is 5.56. The fraction of sp³-hybridized carbons (Fsp3) is 0.381. The van der Waals surface area contributed by atoms with Gasteiger partial charge >= 0.3 is 0 Å². The molecule has 6 heteroatoms. The zero-order valence-corrected chi connectivity index (χ0v) is 16.8. The minimum absolute atomic E-state index is 0.181. The first kappa shape index (κ1) is 19.4. The number of para-hydroxylation sites is 1. The highest BCUT2D eigenvalue weighted by Gasteiger charge is 2.26. The molecule has 1 heterocycles. The summed E-state index contributed by atoms with van der Waals surface area (Å²) in [5, 5.41) is 3.02. The second-order valence-corrected chi connectivity index (χ2v) is 9.30. The van der Waals surface area contributed by atoms with Crippen LogP contribution >= 0.6 is 0 Å². The summed E-state index contributed by atoms with van der Waals surface area (Å²) in [6, 6.07) is 12.8. The maximum atomic E-state index is 12.7. The second kappa shape index (κ2) is 7.72. The Bertz CT molecular complexity index is 934. The number of aryl methyl sites for hydroxylation is 1. The molecule has 3 rings (SSSR count). The van der Waals surface area contributed by atoms with Crippen LogP contribution in [-0.4, -0.2) is 26.6 Å². The number of carbonyl (C=O) groups is 1. The quantitative estimate of drug-likeness (QED) is 0.852. The molecular weight excluding hydrogens is 360 g/mol. The number of hydrogen-bond donors (Lipinski definition) is 1. The summed E-state index contributed by atoms with van der Waals surface area (Å²) in [6.07, 6.45) is 1.56. The van der Waals surface area contributed by atoms with E-state index in [1.807, 2.05) is 25.1 Å². The average molecular weight is 387 g/mol. The van der Waals surface area contributed by atoms with Crippen molar-refractivity contribution < 1.29 is 13.2 Å². The number of nitrogens with one attached hydrogen (secondary N) is 1. The summed E-state index contributed by atoms with van der Waals surface area (Å²) < 4.78 is 25.9. The van der Waals surface area contributed by atoms with Crippen molar-refractivity contribution in [1.29, 1.82) is 0 Å². The molecule has 0 radical (unpaired) electrons. The van der Waals surface area contributed by atoms with Crippen molar-refractivity contribution >= 4 is 27.3 Å². The molecule has 5 nitrogen and oxygen atoms in total. The molecule has 0 saturated carbocycles. The van der Waals surface area contributed by atoms with E-state index >= 15 is 0 Å². The molecule has 1 amide bonds. The first-order chi connectivity index (χ1) is 12.8. The third-order valence-electron chi connectivity index (χ3n) is 4.93. The first-order valence-corrected chi connectivity index (χ1v) is 10.9. The van der Waals surface area contributed by atoms with Crippen LogP contribution in [0.3, 0.4) is 0 Å². The lowest BCUT2D eigenvalue weighted by Crippen LogP contribution is -2.37. The van der Waals surface area contributed by atoms with Crippen LogP contribution in [0.5, 0.6) is 0 Å². The zero-order valence-electron chi connectivity index (χ0n) is 16.0. The topological polar surface area (TPSA) is 66.5 Å². The van der Waals surface area contributed by atoms with Crippen molar-refractivity contribution in [2.75, 3.05) is 21.9 Å². The van der Waals surface area contributed by atoms with Gasteiger partial charge in [-0.2, -0.15) is 0 Å². The van der Waals surface area contributed by atoms with Gasteiger partial charge < -0.3 is 5.32 Å². The molecule has 2 aromatic carbocycles. The maximum absolute atomic E-state index is 12.7. The van der Waals surface area contributed by atoms with Gasteiger partial charge in [-0.3, -0.25) is 9.10 Å². The lowest BCUT2D eigenvalue weighted by atomic mass is 9.98. The predicted octanol–water partition coefficient (Wildman–Crippen LogP) is 4.30. The normalized spacial score (nSPS) is 16.4. The number of hydrogen-bond acceptors (Lipinski definition) is 3. The van der Waals surface area contributed by atoms with Gasteiger partial charge in [-0.25, -0.2) is 8.42 Å².